The molecule has 1 aromatic rings. The number of rotatable bonds is 11. The van der Waals surface area contributed by atoms with Crippen molar-refractivity contribution >= 4 is 11.9 Å². The van der Waals surface area contributed by atoms with Gasteiger partial charge in [-0.25, -0.2) is 4.79 Å². The van der Waals surface area contributed by atoms with Crippen LogP contribution in [0.15, 0.2) is 24.3 Å². The van der Waals surface area contributed by atoms with Gasteiger partial charge < -0.3 is 25.2 Å². The number of ether oxygens (including phenoxy) is 1. The first kappa shape index (κ1) is 24.2. The fraction of sp³-hybridized carbons (Fsp3) is 0.652. The zero-order valence-electron chi connectivity index (χ0n) is 18.8. The number of piperidine rings is 1. The molecule has 1 saturated heterocycles. The van der Waals surface area contributed by atoms with Gasteiger partial charge in [0.15, 0.2) is 0 Å². The van der Waals surface area contributed by atoms with Crippen molar-refractivity contribution in [2.24, 2.45) is 5.92 Å². The average molecular weight is 419 g/mol. The number of methoxy groups -OCH3 is 1. The van der Waals surface area contributed by atoms with E-state index >= 15 is 0 Å². The lowest BCUT2D eigenvalue weighted by molar-refractivity contribution is -0.126. The van der Waals surface area contributed by atoms with Crippen molar-refractivity contribution in [1.82, 2.24) is 20.4 Å². The third-order valence-electron chi connectivity index (χ3n) is 5.74. The monoisotopic (exact) mass is 418 g/mol. The van der Waals surface area contributed by atoms with Crippen molar-refractivity contribution in [1.29, 1.82) is 0 Å². The Hall–Kier alpha value is -2.12. The van der Waals surface area contributed by atoms with Gasteiger partial charge in [-0.2, -0.15) is 0 Å². The molecule has 0 aliphatic carbocycles. The minimum Gasteiger partial charge on any atom is -0.380 e. The minimum absolute atomic E-state index is 0.00762. The van der Waals surface area contributed by atoms with E-state index in [2.05, 4.69) is 29.4 Å². The van der Waals surface area contributed by atoms with E-state index < -0.39 is 0 Å². The number of hydrogen-bond acceptors (Lipinski definition) is 4. The van der Waals surface area contributed by atoms with Crippen LogP contribution in [0.4, 0.5) is 4.79 Å². The van der Waals surface area contributed by atoms with E-state index in [-0.39, 0.29) is 17.9 Å². The first-order valence-corrected chi connectivity index (χ1v) is 11.2. The maximum atomic E-state index is 12.5. The van der Waals surface area contributed by atoms with Crippen LogP contribution in [-0.4, -0.2) is 68.1 Å². The number of nitrogens with zero attached hydrogens (tertiary/aromatic N) is 2. The molecule has 2 rings (SSSR count). The number of nitrogens with one attached hydrogen (secondary N) is 2. The van der Waals surface area contributed by atoms with Crippen LogP contribution in [0, 0.1) is 5.92 Å². The first-order chi connectivity index (χ1) is 14.6. The van der Waals surface area contributed by atoms with Gasteiger partial charge in [-0.1, -0.05) is 38.1 Å². The van der Waals surface area contributed by atoms with E-state index in [0.717, 1.165) is 56.6 Å². The van der Waals surface area contributed by atoms with E-state index in [1.807, 2.05) is 29.2 Å². The molecule has 0 atom stereocenters. The van der Waals surface area contributed by atoms with E-state index in [1.54, 1.807) is 7.11 Å². The summed E-state index contributed by atoms with van der Waals surface area (Å²) in [4.78, 5) is 29.0. The largest absolute Gasteiger partial charge is 0.380 e. The zero-order valence-corrected chi connectivity index (χ0v) is 18.8. The van der Waals surface area contributed by atoms with Crippen molar-refractivity contribution < 1.29 is 14.3 Å². The molecule has 0 spiro atoms. The predicted octanol–water partition coefficient (Wildman–Crippen LogP) is 2.60. The summed E-state index contributed by atoms with van der Waals surface area (Å²) in [5, 5.41) is 6.05. The molecule has 1 aliphatic heterocycles. The molecule has 7 nitrogen and oxygen atoms in total. The van der Waals surface area contributed by atoms with Crippen LogP contribution in [-0.2, 0) is 22.7 Å². The summed E-state index contributed by atoms with van der Waals surface area (Å²) in [6.45, 7) is 10.4. The molecule has 0 unspecified atom stereocenters. The molecule has 1 aromatic carbocycles. The highest BCUT2D eigenvalue weighted by molar-refractivity contribution is 5.79. The number of amides is 3. The Labute approximate surface area is 181 Å². The molecule has 1 fully saturated rings. The van der Waals surface area contributed by atoms with Crippen molar-refractivity contribution in [3.63, 3.8) is 0 Å². The molecule has 0 aromatic heterocycles. The number of carbonyl (C=O) groups excluding carboxylic acids is 2. The fourth-order valence-corrected chi connectivity index (χ4v) is 3.83. The molecule has 168 valence electrons. The number of likely N-dealkylation sites (tertiary alicyclic amines) is 1. The fourth-order valence-electron chi connectivity index (χ4n) is 3.83. The van der Waals surface area contributed by atoms with Crippen LogP contribution in [0.3, 0.4) is 0 Å². The lowest BCUT2D eigenvalue weighted by Gasteiger charge is -2.31. The Morgan fingerprint density at radius 1 is 1.13 bits per heavy atom. The molecule has 0 radical (unpaired) electrons. The molecule has 0 saturated carbocycles. The zero-order chi connectivity index (χ0) is 21.8. The number of urea groups is 1. The third kappa shape index (κ3) is 7.95. The predicted molar refractivity (Wildman–Crippen MR) is 119 cm³/mol. The number of carbonyl (C=O) groups is 2. The van der Waals surface area contributed by atoms with Gasteiger partial charge in [0, 0.05) is 39.2 Å². The third-order valence-corrected chi connectivity index (χ3v) is 5.74. The van der Waals surface area contributed by atoms with E-state index in [1.165, 1.54) is 0 Å². The quantitative estimate of drug-likeness (QED) is 0.542. The standard InChI is InChI=1S/C23H38N4O3/c1-4-26(5-2)13-7-12-24-22(28)21-10-14-27(15-11-21)23(29)25-17-19-8-6-9-20(16-19)18-30-3/h6,8-9,16,21H,4-5,7,10-15,17-18H2,1-3H3,(H,24,28)(H,25,29). The van der Waals surface area contributed by atoms with Gasteiger partial charge in [0.05, 0.1) is 6.61 Å². The highest BCUT2D eigenvalue weighted by Crippen LogP contribution is 2.17. The normalized spacial score (nSPS) is 14.7. The molecular weight excluding hydrogens is 380 g/mol. The van der Waals surface area contributed by atoms with Crippen LogP contribution in [0.25, 0.3) is 0 Å². The van der Waals surface area contributed by atoms with Gasteiger partial charge in [0.25, 0.3) is 0 Å². The summed E-state index contributed by atoms with van der Waals surface area (Å²) in [5.74, 6) is 0.137. The van der Waals surface area contributed by atoms with E-state index in [0.29, 0.717) is 26.2 Å². The second kappa shape index (κ2) is 13.2. The Morgan fingerprint density at radius 2 is 1.83 bits per heavy atom. The van der Waals surface area contributed by atoms with Crippen LogP contribution in [0.5, 0.6) is 0 Å². The Morgan fingerprint density at radius 3 is 2.50 bits per heavy atom. The lowest BCUT2D eigenvalue weighted by atomic mass is 9.96. The summed E-state index contributed by atoms with van der Waals surface area (Å²) in [6.07, 6.45) is 2.41. The molecule has 0 bridgehead atoms. The Balaban J connectivity index is 1.66. The van der Waals surface area contributed by atoms with Gasteiger partial charge in [-0.05, 0) is 50.0 Å². The van der Waals surface area contributed by atoms with Gasteiger partial charge in [-0.15, -0.1) is 0 Å². The molecule has 3 amide bonds. The van der Waals surface area contributed by atoms with E-state index in [4.69, 9.17) is 4.74 Å². The molecule has 1 aliphatic rings. The maximum absolute atomic E-state index is 12.5. The SMILES string of the molecule is CCN(CC)CCCNC(=O)C1CCN(C(=O)NCc2cccc(COC)c2)CC1. The smallest absolute Gasteiger partial charge is 0.317 e. The highest BCUT2D eigenvalue weighted by atomic mass is 16.5. The summed E-state index contributed by atoms with van der Waals surface area (Å²) in [7, 11) is 1.67. The van der Waals surface area contributed by atoms with Crippen molar-refractivity contribution in [2.45, 2.75) is 46.3 Å². The lowest BCUT2D eigenvalue weighted by Crippen LogP contribution is -2.46. The maximum Gasteiger partial charge on any atom is 0.317 e. The second-order valence-electron chi connectivity index (χ2n) is 7.84. The molecule has 2 N–H and O–H groups in total. The summed E-state index contributed by atoms with van der Waals surface area (Å²) < 4.78 is 5.15. The van der Waals surface area contributed by atoms with Crippen molar-refractivity contribution in [2.75, 3.05) is 46.4 Å². The first-order valence-electron chi connectivity index (χ1n) is 11.2. The van der Waals surface area contributed by atoms with Crippen LogP contribution in [0.2, 0.25) is 0 Å². The van der Waals surface area contributed by atoms with Gasteiger partial charge in [0.1, 0.15) is 0 Å². The minimum atomic E-state index is -0.0646. The van der Waals surface area contributed by atoms with Crippen molar-refractivity contribution in [3.05, 3.63) is 35.4 Å². The van der Waals surface area contributed by atoms with Crippen molar-refractivity contribution in [3.8, 4) is 0 Å². The topological polar surface area (TPSA) is 73.9 Å². The Bertz CT molecular complexity index is 656. The van der Waals surface area contributed by atoms with Gasteiger partial charge in [0.2, 0.25) is 5.91 Å². The van der Waals surface area contributed by atoms with Crippen LogP contribution in [0.1, 0.15) is 44.2 Å². The summed E-state index contributed by atoms with van der Waals surface area (Å²) in [6, 6.07) is 7.96. The second-order valence-corrected chi connectivity index (χ2v) is 7.84. The molecule has 7 heteroatoms. The number of hydrogen-bond donors (Lipinski definition) is 2. The average Bonchev–Trinajstić information content (AvgIpc) is 2.78. The molecule has 30 heavy (non-hydrogen) atoms. The number of benzene rings is 1. The highest BCUT2D eigenvalue weighted by Gasteiger charge is 2.27. The van der Waals surface area contributed by atoms with Crippen LogP contribution < -0.4 is 10.6 Å². The van der Waals surface area contributed by atoms with Gasteiger partial charge >= 0.3 is 6.03 Å². The summed E-state index contributed by atoms with van der Waals surface area (Å²) in [5.41, 5.74) is 2.14. The molecular formula is C23H38N4O3. The van der Waals surface area contributed by atoms with Gasteiger partial charge in [-0.3, -0.25) is 4.79 Å². The Kier molecular flexibility index (Phi) is 10.7. The molecule has 1 heterocycles. The summed E-state index contributed by atoms with van der Waals surface area (Å²) >= 11 is 0. The van der Waals surface area contributed by atoms with Crippen LogP contribution >= 0.6 is 0 Å². The van der Waals surface area contributed by atoms with E-state index in [9.17, 15) is 9.59 Å².